The van der Waals surface area contributed by atoms with Crippen LogP contribution in [0.15, 0.2) is 5.38 Å². The highest BCUT2D eigenvalue weighted by molar-refractivity contribution is 7.09. The van der Waals surface area contributed by atoms with Crippen molar-refractivity contribution in [3.63, 3.8) is 0 Å². The maximum Gasteiger partial charge on any atom is 0.265 e. The minimum atomic E-state index is -2.70. The lowest BCUT2D eigenvalue weighted by Crippen LogP contribution is -2.31. The van der Waals surface area contributed by atoms with Gasteiger partial charge in [-0.2, -0.15) is 0 Å². The highest BCUT2D eigenvalue weighted by Gasteiger charge is 2.18. The lowest BCUT2D eigenvalue weighted by atomic mass is 9.93. The topological polar surface area (TPSA) is 45.1 Å². The molecule has 17 heavy (non-hydrogen) atoms. The first-order chi connectivity index (χ1) is 7.80. The molecule has 1 aromatic heterocycles. The Labute approximate surface area is 104 Å². The molecule has 0 spiro atoms. The van der Waals surface area contributed by atoms with Gasteiger partial charge in [-0.25, -0.2) is 13.8 Å². The third kappa shape index (κ3) is 4.65. The van der Waals surface area contributed by atoms with Gasteiger partial charge in [-0.15, -0.1) is 11.3 Å². The number of rotatable bonds is 5. The van der Waals surface area contributed by atoms with Crippen LogP contribution in [0.25, 0.3) is 0 Å². The van der Waals surface area contributed by atoms with E-state index in [0.717, 1.165) is 10.7 Å². The fourth-order valence-corrected chi connectivity index (χ4v) is 2.14. The first kappa shape index (κ1) is 14.5. The summed E-state index contributed by atoms with van der Waals surface area (Å²) in [4.78, 5) is 4.41. The van der Waals surface area contributed by atoms with E-state index >= 15 is 0 Å². The molecule has 0 saturated carbocycles. The van der Waals surface area contributed by atoms with Crippen LogP contribution in [-0.2, 0) is 12.0 Å². The molecule has 2 N–H and O–H groups in total. The molecule has 1 atom stereocenters. The monoisotopic (exact) mass is 264 g/mol. The molecule has 1 heterocycles. The van der Waals surface area contributed by atoms with Crippen molar-refractivity contribution in [3.05, 3.63) is 16.1 Å². The SMILES string of the molecule is CC(C)(C)c1csc(CNCC(O)C(F)F)n1. The van der Waals surface area contributed by atoms with Gasteiger partial charge in [0.2, 0.25) is 0 Å². The lowest BCUT2D eigenvalue weighted by Gasteiger charge is -2.14. The van der Waals surface area contributed by atoms with Crippen LogP contribution in [0.3, 0.4) is 0 Å². The normalized spacial score (nSPS) is 14.3. The zero-order valence-electron chi connectivity index (χ0n) is 10.2. The number of nitrogens with zero attached hydrogens (tertiary/aromatic N) is 1. The molecule has 0 fully saturated rings. The molecule has 98 valence electrons. The second-order valence-electron chi connectivity index (χ2n) is 4.91. The van der Waals surface area contributed by atoms with Crippen molar-refractivity contribution in [2.24, 2.45) is 0 Å². The van der Waals surface area contributed by atoms with Crippen molar-refractivity contribution in [1.82, 2.24) is 10.3 Å². The molecule has 0 radical (unpaired) electrons. The van der Waals surface area contributed by atoms with Crippen molar-refractivity contribution >= 4 is 11.3 Å². The Morgan fingerprint density at radius 1 is 1.47 bits per heavy atom. The number of aromatic nitrogens is 1. The van der Waals surface area contributed by atoms with Crippen LogP contribution in [0.1, 0.15) is 31.5 Å². The second kappa shape index (κ2) is 5.84. The summed E-state index contributed by atoms with van der Waals surface area (Å²) in [5, 5.41) is 14.5. The fraction of sp³-hybridized carbons (Fsp3) is 0.727. The number of aliphatic hydroxyl groups is 1. The minimum absolute atomic E-state index is 0.00274. The maximum atomic E-state index is 12.0. The van der Waals surface area contributed by atoms with E-state index in [2.05, 4.69) is 31.1 Å². The third-order valence-electron chi connectivity index (χ3n) is 2.24. The quantitative estimate of drug-likeness (QED) is 0.856. The number of thiazole rings is 1. The van der Waals surface area contributed by atoms with Crippen molar-refractivity contribution in [1.29, 1.82) is 0 Å². The summed E-state index contributed by atoms with van der Waals surface area (Å²) >= 11 is 1.49. The summed E-state index contributed by atoms with van der Waals surface area (Å²) in [7, 11) is 0. The summed E-state index contributed by atoms with van der Waals surface area (Å²) in [6, 6.07) is 0. The van der Waals surface area contributed by atoms with Gasteiger partial charge in [0.1, 0.15) is 11.1 Å². The van der Waals surface area contributed by atoms with Crippen molar-refractivity contribution in [2.75, 3.05) is 6.54 Å². The van der Waals surface area contributed by atoms with Crippen LogP contribution < -0.4 is 5.32 Å². The van der Waals surface area contributed by atoms with E-state index < -0.39 is 12.5 Å². The second-order valence-corrected chi connectivity index (χ2v) is 5.85. The van der Waals surface area contributed by atoms with Crippen LogP contribution in [-0.4, -0.2) is 29.2 Å². The Morgan fingerprint density at radius 3 is 2.59 bits per heavy atom. The smallest absolute Gasteiger partial charge is 0.265 e. The zero-order chi connectivity index (χ0) is 13.1. The Kier molecular flexibility index (Phi) is 4.97. The highest BCUT2D eigenvalue weighted by Crippen LogP contribution is 2.23. The predicted molar refractivity (Wildman–Crippen MR) is 64.5 cm³/mol. The molecule has 0 aliphatic rings. The van der Waals surface area contributed by atoms with E-state index in [1.807, 2.05) is 5.38 Å². The first-order valence-corrected chi connectivity index (χ1v) is 6.30. The van der Waals surface area contributed by atoms with Crippen LogP contribution in [0, 0.1) is 0 Å². The molecule has 3 nitrogen and oxygen atoms in total. The van der Waals surface area contributed by atoms with E-state index in [-0.39, 0.29) is 12.0 Å². The molecule has 0 aliphatic heterocycles. The van der Waals surface area contributed by atoms with Gasteiger partial charge in [-0.1, -0.05) is 20.8 Å². The molecular formula is C11H18F2N2OS. The standard InChI is InChI=1S/C11H18F2N2OS/c1-11(2,3)8-6-17-9(15-8)5-14-4-7(16)10(12)13/h6-7,10,14,16H,4-5H2,1-3H3. The molecule has 0 aliphatic carbocycles. The average molecular weight is 264 g/mol. The summed E-state index contributed by atoms with van der Waals surface area (Å²) in [6.45, 7) is 6.49. The number of hydrogen-bond acceptors (Lipinski definition) is 4. The highest BCUT2D eigenvalue weighted by atomic mass is 32.1. The summed E-state index contributed by atoms with van der Waals surface area (Å²) in [6.07, 6.45) is -4.32. The van der Waals surface area contributed by atoms with Crippen LogP contribution in [0.2, 0.25) is 0 Å². The largest absolute Gasteiger partial charge is 0.386 e. The van der Waals surface area contributed by atoms with Gasteiger partial charge >= 0.3 is 0 Å². The number of halogens is 2. The van der Waals surface area contributed by atoms with Crippen LogP contribution in [0.5, 0.6) is 0 Å². The molecule has 1 aromatic rings. The Hall–Kier alpha value is -0.590. The Balaban J connectivity index is 2.41. The lowest BCUT2D eigenvalue weighted by molar-refractivity contribution is -0.00341. The van der Waals surface area contributed by atoms with Gasteiger partial charge in [0, 0.05) is 23.9 Å². The van der Waals surface area contributed by atoms with E-state index in [1.54, 1.807) is 0 Å². The molecule has 1 rings (SSSR count). The van der Waals surface area contributed by atoms with Crippen LogP contribution >= 0.6 is 11.3 Å². The number of alkyl halides is 2. The van der Waals surface area contributed by atoms with Gasteiger partial charge in [0.05, 0.1) is 5.69 Å². The van der Waals surface area contributed by atoms with E-state index in [4.69, 9.17) is 5.11 Å². The van der Waals surface area contributed by atoms with Gasteiger partial charge in [0.15, 0.2) is 0 Å². The summed E-state index contributed by atoms with van der Waals surface area (Å²) < 4.78 is 24.0. The Bertz CT molecular complexity index is 349. The number of hydrogen-bond donors (Lipinski definition) is 2. The third-order valence-corrected chi connectivity index (χ3v) is 3.09. The van der Waals surface area contributed by atoms with Gasteiger partial charge in [-0.05, 0) is 0 Å². The average Bonchev–Trinajstić information content (AvgIpc) is 2.65. The summed E-state index contributed by atoms with van der Waals surface area (Å²) in [5.74, 6) is 0. The Morgan fingerprint density at radius 2 is 2.12 bits per heavy atom. The number of nitrogens with one attached hydrogen (secondary N) is 1. The molecular weight excluding hydrogens is 246 g/mol. The minimum Gasteiger partial charge on any atom is -0.386 e. The van der Waals surface area contributed by atoms with Crippen molar-refractivity contribution < 1.29 is 13.9 Å². The van der Waals surface area contributed by atoms with Crippen molar-refractivity contribution in [3.8, 4) is 0 Å². The first-order valence-electron chi connectivity index (χ1n) is 5.42. The van der Waals surface area contributed by atoms with Gasteiger partial charge in [-0.3, -0.25) is 0 Å². The molecule has 0 saturated heterocycles. The maximum absolute atomic E-state index is 12.0. The van der Waals surface area contributed by atoms with E-state index in [0.29, 0.717) is 6.54 Å². The zero-order valence-corrected chi connectivity index (χ0v) is 11.0. The van der Waals surface area contributed by atoms with E-state index in [1.165, 1.54) is 11.3 Å². The number of aliphatic hydroxyl groups excluding tert-OH is 1. The molecule has 0 aromatic carbocycles. The van der Waals surface area contributed by atoms with Crippen LogP contribution in [0.4, 0.5) is 8.78 Å². The van der Waals surface area contributed by atoms with Gasteiger partial charge < -0.3 is 10.4 Å². The fourth-order valence-electron chi connectivity index (χ4n) is 1.15. The predicted octanol–water partition coefficient (Wildman–Crippen LogP) is 2.16. The molecule has 6 heteroatoms. The molecule has 0 amide bonds. The summed E-state index contributed by atoms with van der Waals surface area (Å²) in [5.41, 5.74) is 0.991. The molecule has 1 unspecified atom stereocenters. The van der Waals surface area contributed by atoms with Crippen molar-refractivity contribution in [2.45, 2.75) is 45.3 Å². The van der Waals surface area contributed by atoms with E-state index in [9.17, 15) is 8.78 Å². The molecule has 0 bridgehead atoms. The van der Waals surface area contributed by atoms with Gasteiger partial charge in [0.25, 0.3) is 6.43 Å².